The van der Waals surface area contributed by atoms with Gasteiger partial charge in [-0.05, 0) is 13.3 Å². The molecule has 0 N–H and O–H groups in total. The second-order valence-electron chi connectivity index (χ2n) is 2.81. The standard InChI is InChI=1S/C6H10N2O4S2/c1-3-6(2,4-13(9)10)14(11,12)5-8-7/h4-5H,3H2,1-2H3. The van der Waals surface area contributed by atoms with Crippen LogP contribution in [0.25, 0.3) is 5.53 Å². The predicted molar refractivity (Wildman–Crippen MR) is 52.3 cm³/mol. The van der Waals surface area contributed by atoms with Crippen LogP contribution in [0.3, 0.4) is 0 Å². The van der Waals surface area contributed by atoms with E-state index >= 15 is 0 Å². The van der Waals surface area contributed by atoms with Gasteiger partial charge >= 0.3 is 5.55 Å². The van der Waals surface area contributed by atoms with Crippen molar-refractivity contribution < 1.29 is 21.6 Å². The lowest BCUT2D eigenvalue weighted by Gasteiger charge is -2.16. The third kappa shape index (κ3) is 2.76. The highest BCUT2D eigenvalue weighted by Crippen LogP contribution is 2.17. The van der Waals surface area contributed by atoms with Crippen molar-refractivity contribution in [1.82, 2.24) is 0 Å². The van der Waals surface area contributed by atoms with Crippen LogP contribution in [0.1, 0.15) is 20.3 Å². The Morgan fingerprint density at radius 2 is 2.00 bits per heavy atom. The molecule has 0 radical (unpaired) electrons. The van der Waals surface area contributed by atoms with Gasteiger partial charge in [0.2, 0.25) is 10.3 Å². The molecule has 0 aliphatic carbocycles. The highest BCUT2D eigenvalue weighted by Gasteiger charge is 2.38. The van der Waals surface area contributed by atoms with E-state index in [1.54, 1.807) is 0 Å². The third-order valence-corrected chi connectivity index (χ3v) is 4.82. The Kier molecular flexibility index (Phi) is 4.18. The van der Waals surface area contributed by atoms with E-state index in [4.69, 9.17) is 5.53 Å². The molecule has 0 aromatic heterocycles. The highest BCUT2D eigenvalue weighted by molar-refractivity contribution is 8.06. The summed E-state index contributed by atoms with van der Waals surface area (Å²) in [5, 5.41) is 0.671. The highest BCUT2D eigenvalue weighted by atomic mass is 32.2. The lowest BCUT2D eigenvalue weighted by Crippen LogP contribution is -2.37. The average Bonchev–Trinajstić information content (AvgIpc) is 2.02. The monoisotopic (exact) mass is 238 g/mol. The summed E-state index contributed by atoms with van der Waals surface area (Å²) in [5.41, 5.74) is 8.45. The van der Waals surface area contributed by atoms with Gasteiger partial charge in [-0.1, -0.05) is 6.92 Å². The zero-order valence-corrected chi connectivity index (χ0v) is 9.34. The Morgan fingerprint density at radius 3 is 2.29 bits per heavy atom. The van der Waals surface area contributed by atoms with E-state index in [9.17, 15) is 16.8 Å². The maximum atomic E-state index is 11.4. The molecule has 0 aromatic rings. The smallest absolute Gasteiger partial charge is 0.361 e. The number of nitrogens with zero attached hydrogens (tertiary/aromatic N) is 2. The van der Waals surface area contributed by atoms with Crippen LogP contribution in [0.2, 0.25) is 0 Å². The van der Waals surface area contributed by atoms with Crippen LogP contribution in [-0.4, -0.2) is 37.3 Å². The average molecular weight is 238 g/mol. The maximum Gasteiger partial charge on any atom is 0.371 e. The molecule has 0 aliphatic heterocycles. The molecule has 0 aromatic carbocycles. The summed E-state index contributed by atoms with van der Waals surface area (Å²) in [6.45, 7) is 2.76. The van der Waals surface area contributed by atoms with E-state index in [0.29, 0.717) is 10.9 Å². The molecule has 0 bridgehead atoms. The van der Waals surface area contributed by atoms with Gasteiger partial charge in [0, 0.05) is 0 Å². The van der Waals surface area contributed by atoms with Crippen LogP contribution in [-0.2, 0) is 20.1 Å². The van der Waals surface area contributed by atoms with Crippen molar-refractivity contribution in [2.75, 3.05) is 0 Å². The van der Waals surface area contributed by atoms with Gasteiger partial charge in [0.05, 0.1) is 5.37 Å². The van der Waals surface area contributed by atoms with Crippen LogP contribution < -0.4 is 0 Å². The van der Waals surface area contributed by atoms with Crippen molar-refractivity contribution in [3.63, 3.8) is 0 Å². The zero-order valence-electron chi connectivity index (χ0n) is 7.71. The lowest BCUT2D eigenvalue weighted by molar-refractivity contribution is 0.00744. The largest absolute Gasteiger partial charge is 0.371 e. The Balaban J connectivity index is 5.72. The van der Waals surface area contributed by atoms with Gasteiger partial charge < -0.3 is 5.53 Å². The van der Waals surface area contributed by atoms with Crippen molar-refractivity contribution in [3.05, 3.63) is 5.53 Å². The Hall–Kier alpha value is -0.980. The number of hydrogen-bond donors (Lipinski definition) is 0. The molecule has 0 heterocycles. The van der Waals surface area contributed by atoms with Gasteiger partial charge in [-0.15, -0.1) is 0 Å². The maximum absolute atomic E-state index is 11.4. The van der Waals surface area contributed by atoms with Crippen LogP contribution >= 0.6 is 0 Å². The molecule has 0 saturated carbocycles. The first-order chi connectivity index (χ1) is 6.29. The van der Waals surface area contributed by atoms with Gasteiger partial charge in [0.25, 0.3) is 9.84 Å². The van der Waals surface area contributed by atoms with Gasteiger partial charge in [0.15, 0.2) is 0 Å². The molecular weight excluding hydrogens is 228 g/mol. The summed E-state index contributed by atoms with van der Waals surface area (Å²) in [7, 11) is -6.49. The predicted octanol–water partition coefficient (Wildman–Crippen LogP) is -0.491. The van der Waals surface area contributed by atoms with E-state index in [1.165, 1.54) is 13.8 Å². The first-order valence-electron chi connectivity index (χ1n) is 3.65. The normalized spacial score (nSPS) is 15.0. The second-order valence-corrected chi connectivity index (χ2v) is 5.80. The molecule has 0 fully saturated rings. The Bertz CT molecular complexity index is 476. The number of hydrogen-bond acceptors (Lipinski definition) is 4. The summed E-state index contributed by atoms with van der Waals surface area (Å²) in [5.74, 6) is 0. The van der Waals surface area contributed by atoms with E-state index in [2.05, 4.69) is 4.79 Å². The summed E-state index contributed by atoms with van der Waals surface area (Å²) in [4.78, 5) is 2.39. The van der Waals surface area contributed by atoms with Gasteiger partial charge in [0.1, 0.15) is 4.75 Å². The molecule has 6 nitrogen and oxygen atoms in total. The molecule has 8 heteroatoms. The lowest BCUT2D eigenvalue weighted by atomic mass is 10.1. The number of rotatable bonds is 4. The first kappa shape index (κ1) is 13.0. The van der Waals surface area contributed by atoms with Crippen LogP contribution in [0, 0.1) is 0 Å². The minimum atomic E-state index is -3.91. The van der Waals surface area contributed by atoms with Crippen molar-refractivity contribution in [1.29, 1.82) is 0 Å². The topological polar surface area (TPSA) is 105 Å². The second kappa shape index (κ2) is 4.50. The Labute approximate surface area is 83.6 Å². The van der Waals surface area contributed by atoms with Crippen molar-refractivity contribution in [3.8, 4) is 0 Å². The zero-order chi connectivity index (χ0) is 11.4. The fourth-order valence-corrected chi connectivity index (χ4v) is 2.85. The van der Waals surface area contributed by atoms with Gasteiger partial charge in [-0.3, -0.25) is 0 Å². The molecule has 0 aliphatic rings. The van der Waals surface area contributed by atoms with Crippen LogP contribution in [0.15, 0.2) is 0 Å². The van der Waals surface area contributed by atoms with E-state index in [0.717, 1.165) is 0 Å². The molecular formula is C6H10N2O4S2. The first-order valence-corrected chi connectivity index (χ1v) is 6.33. The fraction of sp³-hybridized carbons (Fsp3) is 0.667. The Morgan fingerprint density at radius 1 is 1.50 bits per heavy atom. The third-order valence-electron chi connectivity index (χ3n) is 1.88. The van der Waals surface area contributed by atoms with E-state index in [-0.39, 0.29) is 6.42 Å². The summed E-state index contributed by atoms with van der Waals surface area (Å²) >= 11 is 0. The molecule has 14 heavy (non-hydrogen) atoms. The van der Waals surface area contributed by atoms with Gasteiger partial charge in [-0.2, -0.15) is 13.2 Å². The molecule has 0 rings (SSSR count). The SMILES string of the molecule is CCC(C)(C=S(=O)=O)S(=O)(=O)C=[N+]=[N-]. The van der Waals surface area contributed by atoms with Gasteiger partial charge in [-0.25, -0.2) is 8.42 Å². The molecule has 80 valence electrons. The van der Waals surface area contributed by atoms with Crippen molar-refractivity contribution in [2.45, 2.75) is 25.0 Å². The van der Waals surface area contributed by atoms with Crippen molar-refractivity contribution >= 4 is 31.0 Å². The summed E-state index contributed by atoms with van der Waals surface area (Å²) in [6, 6.07) is 0. The summed E-state index contributed by atoms with van der Waals surface area (Å²) in [6.07, 6.45) is 0.0648. The summed E-state index contributed by atoms with van der Waals surface area (Å²) < 4.78 is 42.0. The van der Waals surface area contributed by atoms with E-state index in [1.807, 2.05) is 0 Å². The van der Waals surface area contributed by atoms with Crippen molar-refractivity contribution in [2.24, 2.45) is 0 Å². The minimum Gasteiger partial charge on any atom is -0.361 e. The fourth-order valence-electron chi connectivity index (χ4n) is 0.738. The quantitative estimate of drug-likeness (QED) is 0.216. The molecule has 1 unspecified atom stereocenters. The molecule has 0 saturated heterocycles. The van der Waals surface area contributed by atoms with Crippen LogP contribution in [0.5, 0.6) is 0 Å². The number of sulfone groups is 1. The molecule has 0 spiro atoms. The minimum absolute atomic E-state index is 0.0648. The van der Waals surface area contributed by atoms with Crippen LogP contribution in [0.4, 0.5) is 0 Å². The molecule has 1 atom stereocenters. The molecule has 0 amide bonds. The van der Waals surface area contributed by atoms with E-state index < -0.39 is 24.9 Å².